The van der Waals surface area contributed by atoms with Crippen LogP contribution in [0.25, 0.3) is 0 Å². The summed E-state index contributed by atoms with van der Waals surface area (Å²) in [5.41, 5.74) is 1.14. The summed E-state index contributed by atoms with van der Waals surface area (Å²) in [6.07, 6.45) is 4.40. The van der Waals surface area contributed by atoms with Crippen LogP contribution in [0.4, 0.5) is 11.4 Å². The number of hydrogen-bond donors (Lipinski definition) is 3. The summed E-state index contributed by atoms with van der Waals surface area (Å²) in [5.74, 6) is -2.57. The number of rotatable bonds is 7. The van der Waals surface area contributed by atoms with E-state index in [4.69, 9.17) is 23.2 Å². The maximum Gasteiger partial charge on any atom is 0.307 e. The van der Waals surface area contributed by atoms with E-state index in [9.17, 15) is 19.5 Å². The van der Waals surface area contributed by atoms with E-state index >= 15 is 0 Å². The Morgan fingerprint density at radius 2 is 1.55 bits per heavy atom. The number of aliphatic carboxylic acids is 1. The molecule has 0 aliphatic heterocycles. The second-order valence-corrected chi connectivity index (χ2v) is 8.84. The van der Waals surface area contributed by atoms with E-state index in [1.54, 1.807) is 48.5 Å². The van der Waals surface area contributed by atoms with Crippen molar-refractivity contribution in [1.29, 1.82) is 0 Å². The largest absolute Gasteiger partial charge is 0.481 e. The molecule has 2 atom stereocenters. The van der Waals surface area contributed by atoms with Crippen LogP contribution in [0, 0.1) is 11.8 Å². The summed E-state index contributed by atoms with van der Waals surface area (Å²) in [7, 11) is 0. The fraction of sp³-hybridized carbons (Fsp3) is 0.227. The molecule has 0 saturated heterocycles. The fourth-order valence-corrected chi connectivity index (χ4v) is 4.16. The summed E-state index contributed by atoms with van der Waals surface area (Å²) in [5, 5.41) is 15.6. The Labute approximate surface area is 194 Å². The molecule has 6 nitrogen and oxygen atoms in total. The number of carboxylic acids is 1. The number of benzene rings is 2. The van der Waals surface area contributed by atoms with Gasteiger partial charge in [0.25, 0.3) is 0 Å². The lowest BCUT2D eigenvalue weighted by molar-refractivity contribution is -0.146. The average Bonchev–Trinajstić information content (AvgIpc) is 2.76. The lowest BCUT2D eigenvalue weighted by Gasteiger charge is -2.24. The van der Waals surface area contributed by atoms with E-state index in [2.05, 4.69) is 10.6 Å². The Balaban J connectivity index is 1.51. The molecule has 0 aromatic heterocycles. The minimum Gasteiger partial charge on any atom is -0.481 e. The van der Waals surface area contributed by atoms with Crippen LogP contribution in [-0.4, -0.2) is 28.6 Å². The predicted molar refractivity (Wildman–Crippen MR) is 124 cm³/mol. The molecule has 3 N–H and O–H groups in total. The van der Waals surface area contributed by atoms with Crippen LogP contribution >= 0.6 is 35.0 Å². The van der Waals surface area contributed by atoms with Crippen molar-refractivity contribution in [1.82, 2.24) is 0 Å². The molecule has 31 heavy (non-hydrogen) atoms. The molecule has 1 aliphatic carbocycles. The topological polar surface area (TPSA) is 95.5 Å². The van der Waals surface area contributed by atoms with Gasteiger partial charge in [0, 0.05) is 16.3 Å². The van der Waals surface area contributed by atoms with Gasteiger partial charge >= 0.3 is 5.97 Å². The van der Waals surface area contributed by atoms with Crippen molar-refractivity contribution in [3.8, 4) is 0 Å². The van der Waals surface area contributed by atoms with Gasteiger partial charge in [-0.15, -0.1) is 11.8 Å². The van der Waals surface area contributed by atoms with Gasteiger partial charge in [-0.3, -0.25) is 14.4 Å². The number of nitrogens with one attached hydrogen (secondary N) is 2. The molecular formula is C22H20Cl2N2O4S. The van der Waals surface area contributed by atoms with Crippen LogP contribution in [-0.2, 0) is 14.4 Å². The zero-order chi connectivity index (χ0) is 22.4. The molecule has 2 aromatic rings. The van der Waals surface area contributed by atoms with Gasteiger partial charge in [-0.05, 0) is 55.3 Å². The molecule has 0 radical (unpaired) electrons. The van der Waals surface area contributed by atoms with Gasteiger partial charge in [0.15, 0.2) is 0 Å². The van der Waals surface area contributed by atoms with Crippen molar-refractivity contribution >= 4 is 64.1 Å². The molecule has 2 aromatic carbocycles. The number of carboxylic acid groups (broad SMARTS) is 1. The molecule has 2 unspecified atom stereocenters. The number of hydrogen-bond acceptors (Lipinski definition) is 4. The van der Waals surface area contributed by atoms with Crippen molar-refractivity contribution in [3.63, 3.8) is 0 Å². The van der Waals surface area contributed by atoms with E-state index in [-0.39, 0.29) is 17.6 Å². The van der Waals surface area contributed by atoms with Gasteiger partial charge in [0.05, 0.1) is 27.6 Å². The first-order chi connectivity index (χ1) is 14.8. The van der Waals surface area contributed by atoms with Gasteiger partial charge in [0.1, 0.15) is 0 Å². The molecule has 1 aliphatic rings. The summed E-state index contributed by atoms with van der Waals surface area (Å²) in [6.45, 7) is 0. The lowest BCUT2D eigenvalue weighted by atomic mass is 9.82. The molecule has 0 bridgehead atoms. The average molecular weight is 479 g/mol. The van der Waals surface area contributed by atoms with Crippen LogP contribution in [0.3, 0.4) is 0 Å². The van der Waals surface area contributed by atoms with Crippen LogP contribution < -0.4 is 10.6 Å². The van der Waals surface area contributed by atoms with E-state index in [1.165, 1.54) is 11.8 Å². The van der Waals surface area contributed by atoms with Crippen molar-refractivity contribution in [2.24, 2.45) is 11.8 Å². The molecule has 0 saturated carbocycles. The SMILES string of the molecule is O=C(CSc1ccc(NC(=O)C2CC=CCC2C(=O)O)cc1)Nc1ccc(Cl)c(Cl)c1. The number of thioether (sulfide) groups is 1. The van der Waals surface area contributed by atoms with E-state index in [0.717, 1.165) is 4.90 Å². The molecule has 2 amide bonds. The Morgan fingerprint density at radius 3 is 2.19 bits per heavy atom. The summed E-state index contributed by atoms with van der Waals surface area (Å²) in [4.78, 5) is 36.9. The first-order valence-electron chi connectivity index (χ1n) is 9.50. The predicted octanol–water partition coefficient (Wildman–Crippen LogP) is 5.33. The van der Waals surface area contributed by atoms with Crippen molar-refractivity contribution in [2.75, 3.05) is 16.4 Å². The Morgan fingerprint density at radius 1 is 0.903 bits per heavy atom. The zero-order valence-corrected chi connectivity index (χ0v) is 18.6. The minimum atomic E-state index is -0.963. The van der Waals surface area contributed by atoms with E-state index in [0.29, 0.717) is 34.3 Å². The second kappa shape index (κ2) is 10.7. The highest BCUT2D eigenvalue weighted by Gasteiger charge is 2.33. The zero-order valence-electron chi connectivity index (χ0n) is 16.3. The Kier molecular flexibility index (Phi) is 8.01. The summed E-state index contributed by atoms with van der Waals surface area (Å²) < 4.78 is 0. The normalized spacial score (nSPS) is 17.7. The highest BCUT2D eigenvalue weighted by atomic mass is 35.5. The van der Waals surface area contributed by atoms with Crippen LogP contribution in [0.5, 0.6) is 0 Å². The van der Waals surface area contributed by atoms with Crippen LogP contribution in [0.15, 0.2) is 59.5 Å². The monoisotopic (exact) mass is 478 g/mol. The molecule has 9 heteroatoms. The van der Waals surface area contributed by atoms with Crippen LogP contribution in [0.1, 0.15) is 12.8 Å². The molecule has 0 fully saturated rings. The van der Waals surface area contributed by atoms with E-state index < -0.39 is 17.8 Å². The standard InChI is InChI=1S/C22H20Cl2N2O4S/c23-18-10-7-14(11-19(18)24)25-20(27)12-31-15-8-5-13(6-9-15)26-21(28)16-3-1-2-4-17(16)22(29)30/h1-2,5-11,16-17H,3-4,12H2,(H,25,27)(H,26,28)(H,29,30). The third-order valence-electron chi connectivity index (χ3n) is 4.78. The Bertz CT molecular complexity index is 1010. The summed E-state index contributed by atoms with van der Waals surface area (Å²) >= 11 is 13.2. The van der Waals surface area contributed by atoms with Gasteiger partial charge in [-0.2, -0.15) is 0 Å². The van der Waals surface area contributed by atoms with Gasteiger partial charge < -0.3 is 15.7 Å². The third kappa shape index (κ3) is 6.50. The number of anilines is 2. The number of carbonyl (C=O) groups is 3. The summed E-state index contributed by atoms with van der Waals surface area (Å²) in [6, 6.07) is 11.9. The third-order valence-corrected chi connectivity index (χ3v) is 6.53. The maximum absolute atomic E-state index is 12.5. The van der Waals surface area contributed by atoms with Crippen molar-refractivity contribution in [3.05, 3.63) is 64.7 Å². The second-order valence-electron chi connectivity index (χ2n) is 6.97. The maximum atomic E-state index is 12.5. The quantitative estimate of drug-likeness (QED) is 0.369. The number of halogens is 2. The molecule has 3 rings (SSSR count). The first-order valence-corrected chi connectivity index (χ1v) is 11.2. The van der Waals surface area contributed by atoms with Crippen molar-refractivity contribution < 1.29 is 19.5 Å². The molecular weight excluding hydrogens is 459 g/mol. The van der Waals surface area contributed by atoms with Crippen LogP contribution in [0.2, 0.25) is 10.0 Å². The molecule has 0 heterocycles. The highest BCUT2D eigenvalue weighted by molar-refractivity contribution is 8.00. The highest BCUT2D eigenvalue weighted by Crippen LogP contribution is 2.28. The minimum absolute atomic E-state index is 0.189. The van der Waals surface area contributed by atoms with Gasteiger partial charge in [-0.1, -0.05) is 35.4 Å². The first kappa shape index (κ1) is 23.2. The van der Waals surface area contributed by atoms with Gasteiger partial charge in [-0.25, -0.2) is 0 Å². The number of amides is 2. The fourth-order valence-electron chi connectivity index (χ4n) is 3.17. The number of allylic oxidation sites excluding steroid dienone is 2. The van der Waals surface area contributed by atoms with Crippen molar-refractivity contribution in [2.45, 2.75) is 17.7 Å². The molecule has 162 valence electrons. The molecule has 0 spiro atoms. The van der Waals surface area contributed by atoms with E-state index in [1.807, 2.05) is 6.08 Å². The smallest absolute Gasteiger partial charge is 0.307 e. The lowest BCUT2D eigenvalue weighted by Crippen LogP contribution is -2.34. The Hall–Kier alpha value is -2.48. The van der Waals surface area contributed by atoms with Gasteiger partial charge in [0.2, 0.25) is 11.8 Å². The number of carbonyl (C=O) groups excluding carboxylic acids is 2.